The van der Waals surface area contributed by atoms with Gasteiger partial charge in [-0.3, -0.25) is 24.3 Å². The van der Waals surface area contributed by atoms with Crippen molar-refractivity contribution < 1.29 is 14.4 Å². The summed E-state index contributed by atoms with van der Waals surface area (Å²) in [5.74, 6) is -0.344. The van der Waals surface area contributed by atoms with E-state index in [4.69, 9.17) is 0 Å². The van der Waals surface area contributed by atoms with Crippen molar-refractivity contribution in [1.82, 2.24) is 14.8 Å². The van der Waals surface area contributed by atoms with Crippen molar-refractivity contribution in [1.29, 1.82) is 0 Å². The number of piperidine rings is 1. The molecule has 2 aromatic heterocycles. The fourth-order valence-electron chi connectivity index (χ4n) is 3.70. The number of imide groups is 1. The molecule has 3 amide bonds. The van der Waals surface area contributed by atoms with E-state index in [0.29, 0.717) is 11.4 Å². The van der Waals surface area contributed by atoms with E-state index in [2.05, 4.69) is 4.98 Å². The third kappa shape index (κ3) is 4.43. The molecule has 4 heterocycles. The van der Waals surface area contributed by atoms with E-state index in [9.17, 15) is 14.4 Å². The topological polar surface area (TPSA) is 70.6 Å². The Labute approximate surface area is 177 Å². The Morgan fingerprint density at radius 3 is 2.90 bits per heavy atom. The summed E-state index contributed by atoms with van der Waals surface area (Å²) in [7, 11) is 0. The number of likely N-dealkylation sites (tertiary alicyclic amines) is 1. The molecule has 1 atom stereocenters. The van der Waals surface area contributed by atoms with Crippen LogP contribution >= 0.6 is 23.1 Å². The average Bonchev–Trinajstić information content (AvgIpc) is 3.35. The molecule has 0 spiro atoms. The molecule has 2 saturated heterocycles. The zero-order chi connectivity index (χ0) is 20.2. The first kappa shape index (κ1) is 19.8. The quantitative estimate of drug-likeness (QED) is 0.665. The Kier molecular flexibility index (Phi) is 6.10. The molecule has 4 rings (SSSR count). The van der Waals surface area contributed by atoms with Gasteiger partial charge in [0.25, 0.3) is 11.1 Å². The molecule has 8 heteroatoms. The van der Waals surface area contributed by atoms with Crippen molar-refractivity contribution in [3.05, 3.63) is 57.4 Å². The van der Waals surface area contributed by atoms with Crippen LogP contribution in [0.4, 0.5) is 4.79 Å². The third-order valence-corrected chi connectivity index (χ3v) is 6.86. The normalized spacial score (nSPS) is 21.2. The largest absolute Gasteiger partial charge is 0.336 e. The van der Waals surface area contributed by atoms with Gasteiger partial charge in [0.1, 0.15) is 0 Å². The second kappa shape index (κ2) is 8.92. The number of hydrogen-bond donors (Lipinski definition) is 0. The van der Waals surface area contributed by atoms with Gasteiger partial charge in [-0.05, 0) is 60.2 Å². The number of amides is 3. The van der Waals surface area contributed by atoms with Gasteiger partial charge in [0, 0.05) is 36.8 Å². The highest BCUT2D eigenvalue weighted by Gasteiger charge is 2.36. The molecule has 2 aliphatic rings. The number of aromatic nitrogens is 1. The molecule has 0 unspecified atom stereocenters. The Morgan fingerprint density at radius 2 is 2.14 bits per heavy atom. The van der Waals surface area contributed by atoms with E-state index in [-0.39, 0.29) is 36.1 Å². The summed E-state index contributed by atoms with van der Waals surface area (Å²) < 4.78 is 0. The van der Waals surface area contributed by atoms with Crippen LogP contribution in [0.1, 0.15) is 42.2 Å². The molecule has 2 fully saturated rings. The van der Waals surface area contributed by atoms with Gasteiger partial charge >= 0.3 is 0 Å². The Morgan fingerprint density at radius 1 is 1.24 bits per heavy atom. The molecule has 2 aromatic rings. The van der Waals surface area contributed by atoms with Crippen LogP contribution in [0.2, 0.25) is 0 Å². The van der Waals surface area contributed by atoms with Crippen LogP contribution in [0, 0.1) is 0 Å². The molecule has 0 radical (unpaired) electrons. The molecule has 0 saturated carbocycles. The van der Waals surface area contributed by atoms with Gasteiger partial charge in [0.2, 0.25) is 5.91 Å². The lowest BCUT2D eigenvalue weighted by atomic mass is 9.96. The number of carbonyl (C=O) groups is 3. The molecule has 0 aliphatic carbocycles. The van der Waals surface area contributed by atoms with E-state index < -0.39 is 0 Å². The van der Waals surface area contributed by atoms with Crippen LogP contribution in [0.15, 0.2) is 46.9 Å². The van der Waals surface area contributed by atoms with Crippen molar-refractivity contribution >= 4 is 46.2 Å². The van der Waals surface area contributed by atoms with Gasteiger partial charge in [-0.15, -0.1) is 11.3 Å². The molecule has 2 aliphatic heterocycles. The molecule has 0 bridgehead atoms. The highest BCUT2D eigenvalue weighted by atomic mass is 32.2. The summed E-state index contributed by atoms with van der Waals surface area (Å²) in [6.45, 7) is 0.806. The second-order valence-electron chi connectivity index (χ2n) is 6.98. The van der Waals surface area contributed by atoms with Gasteiger partial charge in [0.15, 0.2) is 0 Å². The standard InChI is InChI=1S/C21H21N3O3S2/c25-19(23-10-2-1-7-17(23)15-5-3-9-22-14-15)8-11-24-20(26)18(29-21(24)27)13-16-6-4-12-28-16/h3-6,9,12-14,17H,1-2,7-8,10-11H2/t17-/m0/s1. The number of pyridine rings is 1. The smallest absolute Gasteiger partial charge is 0.293 e. The average molecular weight is 428 g/mol. The third-order valence-electron chi connectivity index (χ3n) is 5.13. The van der Waals surface area contributed by atoms with Crippen LogP contribution in [-0.4, -0.2) is 44.9 Å². The van der Waals surface area contributed by atoms with E-state index in [0.717, 1.165) is 41.5 Å². The lowest BCUT2D eigenvalue weighted by Gasteiger charge is -2.36. The van der Waals surface area contributed by atoms with Crippen LogP contribution in [0.25, 0.3) is 6.08 Å². The SMILES string of the molecule is O=C1SC(=Cc2cccs2)C(=O)N1CCC(=O)N1CCCC[C@H]1c1cccnc1. The molecular formula is C21H21N3O3S2. The van der Waals surface area contributed by atoms with Crippen LogP contribution in [0.3, 0.4) is 0 Å². The highest BCUT2D eigenvalue weighted by Crippen LogP contribution is 2.34. The van der Waals surface area contributed by atoms with Gasteiger partial charge in [0.05, 0.1) is 10.9 Å². The molecule has 6 nitrogen and oxygen atoms in total. The highest BCUT2D eigenvalue weighted by molar-refractivity contribution is 8.18. The number of carbonyl (C=O) groups excluding carboxylic acids is 3. The van der Waals surface area contributed by atoms with E-state index >= 15 is 0 Å². The van der Waals surface area contributed by atoms with Gasteiger partial charge < -0.3 is 4.90 Å². The summed E-state index contributed by atoms with van der Waals surface area (Å²) in [5.41, 5.74) is 1.03. The fourth-order valence-corrected chi connectivity index (χ4v) is 5.28. The number of nitrogens with zero attached hydrogens (tertiary/aromatic N) is 3. The number of hydrogen-bond acceptors (Lipinski definition) is 6. The number of thiophene rings is 1. The summed E-state index contributed by atoms with van der Waals surface area (Å²) in [6.07, 6.45) is 8.35. The first-order valence-corrected chi connectivity index (χ1v) is 11.3. The predicted molar refractivity (Wildman–Crippen MR) is 114 cm³/mol. The van der Waals surface area contributed by atoms with Crippen molar-refractivity contribution in [3.8, 4) is 0 Å². The zero-order valence-electron chi connectivity index (χ0n) is 15.8. The Hall–Kier alpha value is -2.45. The maximum atomic E-state index is 12.9. The van der Waals surface area contributed by atoms with Crippen LogP contribution in [-0.2, 0) is 9.59 Å². The van der Waals surface area contributed by atoms with Gasteiger partial charge in [-0.1, -0.05) is 12.1 Å². The minimum Gasteiger partial charge on any atom is -0.336 e. The molecule has 150 valence electrons. The Bertz CT molecular complexity index is 928. The maximum absolute atomic E-state index is 12.9. The molecule has 0 aromatic carbocycles. The molecule has 0 N–H and O–H groups in total. The Balaban J connectivity index is 1.41. The van der Waals surface area contributed by atoms with E-state index in [1.165, 1.54) is 16.2 Å². The zero-order valence-corrected chi connectivity index (χ0v) is 17.5. The molecular weight excluding hydrogens is 406 g/mol. The molecule has 29 heavy (non-hydrogen) atoms. The van der Waals surface area contributed by atoms with E-state index in [1.54, 1.807) is 12.3 Å². The lowest BCUT2D eigenvalue weighted by molar-refractivity contribution is -0.135. The minimum atomic E-state index is -0.316. The predicted octanol–water partition coefficient (Wildman–Crippen LogP) is 4.32. The fraction of sp³-hybridized carbons (Fsp3) is 0.333. The summed E-state index contributed by atoms with van der Waals surface area (Å²) in [6, 6.07) is 7.69. The summed E-state index contributed by atoms with van der Waals surface area (Å²) >= 11 is 2.45. The first-order chi connectivity index (χ1) is 14.1. The monoisotopic (exact) mass is 427 g/mol. The van der Waals surface area contributed by atoms with Crippen molar-refractivity contribution in [2.24, 2.45) is 0 Å². The first-order valence-electron chi connectivity index (χ1n) is 9.62. The van der Waals surface area contributed by atoms with Crippen molar-refractivity contribution in [3.63, 3.8) is 0 Å². The van der Waals surface area contributed by atoms with Gasteiger partial charge in [-0.2, -0.15) is 0 Å². The lowest BCUT2D eigenvalue weighted by Crippen LogP contribution is -2.40. The van der Waals surface area contributed by atoms with Crippen LogP contribution < -0.4 is 0 Å². The van der Waals surface area contributed by atoms with Crippen LogP contribution in [0.5, 0.6) is 0 Å². The second-order valence-corrected chi connectivity index (χ2v) is 8.96. The minimum absolute atomic E-state index is 0.0126. The van der Waals surface area contributed by atoms with Crippen molar-refractivity contribution in [2.45, 2.75) is 31.7 Å². The summed E-state index contributed by atoms with van der Waals surface area (Å²) in [4.78, 5) is 46.4. The van der Waals surface area contributed by atoms with Gasteiger partial charge in [-0.25, -0.2) is 0 Å². The number of rotatable bonds is 5. The van der Waals surface area contributed by atoms with E-state index in [1.807, 2.05) is 40.7 Å². The maximum Gasteiger partial charge on any atom is 0.293 e. The summed E-state index contributed by atoms with van der Waals surface area (Å²) in [5, 5.41) is 1.61. The van der Waals surface area contributed by atoms with Crippen molar-refractivity contribution in [2.75, 3.05) is 13.1 Å². The number of thioether (sulfide) groups is 1.